The molecule has 1 atom stereocenters. The Labute approximate surface area is 240 Å². The highest BCUT2D eigenvalue weighted by Crippen LogP contribution is 2.38. The third-order valence-corrected chi connectivity index (χ3v) is 8.01. The van der Waals surface area contributed by atoms with E-state index in [4.69, 9.17) is 0 Å². The summed E-state index contributed by atoms with van der Waals surface area (Å²) in [6.45, 7) is 7.40. The van der Waals surface area contributed by atoms with Gasteiger partial charge in [0.1, 0.15) is 17.4 Å². The summed E-state index contributed by atoms with van der Waals surface area (Å²) in [6.07, 6.45) is -2.84. The van der Waals surface area contributed by atoms with Crippen molar-refractivity contribution in [2.45, 2.75) is 32.0 Å². The van der Waals surface area contributed by atoms with E-state index in [1.807, 2.05) is 24.3 Å². The van der Waals surface area contributed by atoms with Gasteiger partial charge in [-0.25, -0.2) is 4.98 Å². The molecule has 10 nitrogen and oxygen atoms in total. The lowest BCUT2D eigenvalue weighted by Gasteiger charge is -2.35. The van der Waals surface area contributed by atoms with Crippen molar-refractivity contribution in [3.8, 4) is 0 Å². The molecule has 42 heavy (non-hydrogen) atoms. The third kappa shape index (κ3) is 5.43. The number of nitrogens with zero attached hydrogens (tertiary/aromatic N) is 5. The van der Waals surface area contributed by atoms with E-state index in [9.17, 15) is 22.8 Å². The number of carbonyl (C=O) groups is 2. The first kappa shape index (κ1) is 27.8. The molecule has 3 aliphatic heterocycles. The normalized spacial score (nSPS) is 19.2. The monoisotopic (exact) mass is 580 g/mol. The molecule has 0 spiro atoms. The average Bonchev–Trinajstić information content (AvgIpc) is 3.44. The maximum Gasteiger partial charge on any atom is 0.421 e. The molecule has 4 heterocycles. The predicted octanol–water partition coefficient (Wildman–Crippen LogP) is 4.68. The van der Waals surface area contributed by atoms with Crippen LogP contribution in [0.5, 0.6) is 0 Å². The largest absolute Gasteiger partial charge is 0.421 e. The molecule has 2 saturated heterocycles. The zero-order chi connectivity index (χ0) is 29.4. The number of aromatic nitrogens is 2. The molecule has 2 aromatic carbocycles. The molecule has 0 radical (unpaired) electrons. The quantitative estimate of drug-likeness (QED) is 0.386. The maximum atomic E-state index is 14.0. The van der Waals surface area contributed by atoms with Crippen LogP contribution in [0.25, 0.3) is 0 Å². The molecule has 13 heteroatoms. The van der Waals surface area contributed by atoms with Crippen LogP contribution >= 0.6 is 0 Å². The van der Waals surface area contributed by atoms with Gasteiger partial charge in [0.2, 0.25) is 11.9 Å². The average molecular weight is 581 g/mol. The lowest BCUT2D eigenvalue weighted by atomic mass is 10.1. The molecule has 0 bridgehead atoms. The van der Waals surface area contributed by atoms with Gasteiger partial charge in [-0.15, -0.1) is 0 Å². The lowest BCUT2D eigenvalue weighted by Crippen LogP contribution is -2.46. The number of anilines is 6. The number of halogens is 3. The van der Waals surface area contributed by atoms with Crippen molar-refractivity contribution in [1.29, 1.82) is 0 Å². The Morgan fingerprint density at radius 1 is 1.00 bits per heavy atom. The maximum absolute atomic E-state index is 14.0. The van der Waals surface area contributed by atoms with Gasteiger partial charge in [0, 0.05) is 50.3 Å². The van der Waals surface area contributed by atoms with Crippen molar-refractivity contribution in [2.75, 3.05) is 60.1 Å². The molecule has 2 amide bonds. The summed E-state index contributed by atoms with van der Waals surface area (Å²) in [4.78, 5) is 40.4. The second-order valence-electron chi connectivity index (χ2n) is 10.5. The van der Waals surface area contributed by atoms with Crippen LogP contribution in [-0.4, -0.2) is 76.9 Å². The Hall–Kier alpha value is -4.39. The number of amides is 2. The van der Waals surface area contributed by atoms with E-state index in [0.717, 1.165) is 38.4 Å². The molecule has 2 fully saturated rings. The fourth-order valence-corrected chi connectivity index (χ4v) is 5.71. The Bertz CT molecular complexity index is 1490. The van der Waals surface area contributed by atoms with Crippen LogP contribution in [0.3, 0.4) is 0 Å². The van der Waals surface area contributed by atoms with Crippen molar-refractivity contribution in [1.82, 2.24) is 19.8 Å². The number of likely N-dealkylation sites (N-methyl/N-ethyl adjacent to an activating group) is 1. The minimum absolute atomic E-state index is 0.0453. The summed E-state index contributed by atoms with van der Waals surface area (Å²) in [6, 6.07) is 11.6. The van der Waals surface area contributed by atoms with E-state index in [1.54, 1.807) is 12.1 Å². The standard InChI is InChI=1S/C29H31F3N8O2/c1-2-38-13-15-39(16-14-38)19-10-8-18(9-11-19)34-28-33-17-20(29(30,31)32)25(37-28)35-21-5-3-6-22-24(21)27(42)40-12-4-7-23(40)26(41)36-22/h3,5-6,8-11,17,23H,2,4,7,12-16H2,1H3,(H,36,41)(H2,33,34,35,37)/t23-/m0/s1. The van der Waals surface area contributed by atoms with Crippen LogP contribution in [0.1, 0.15) is 35.7 Å². The van der Waals surface area contributed by atoms with Gasteiger partial charge in [-0.1, -0.05) is 13.0 Å². The van der Waals surface area contributed by atoms with Gasteiger partial charge in [0.05, 0.1) is 16.9 Å². The molecule has 6 rings (SSSR count). The van der Waals surface area contributed by atoms with Gasteiger partial charge >= 0.3 is 6.18 Å². The fourth-order valence-electron chi connectivity index (χ4n) is 5.71. The van der Waals surface area contributed by atoms with Gasteiger partial charge in [-0.05, 0) is 55.8 Å². The SMILES string of the molecule is CCN1CCN(c2ccc(Nc3ncc(C(F)(F)F)c(Nc4cccc5c4C(=O)N4CCC[C@H]4C(=O)N5)n3)cc2)CC1. The Morgan fingerprint density at radius 2 is 1.76 bits per heavy atom. The topological polar surface area (TPSA) is 106 Å². The summed E-state index contributed by atoms with van der Waals surface area (Å²) in [5.41, 5.74) is 1.02. The molecule has 3 aliphatic rings. The number of nitrogens with one attached hydrogen (secondary N) is 3. The van der Waals surface area contributed by atoms with E-state index in [-0.39, 0.29) is 28.8 Å². The lowest BCUT2D eigenvalue weighted by molar-refractivity contribution is -0.137. The zero-order valence-electron chi connectivity index (χ0n) is 23.0. The first-order chi connectivity index (χ1) is 20.2. The minimum Gasteiger partial charge on any atom is -0.369 e. The molecule has 0 aliphatic carbocycles. The van der Waals surface area contributed by atoms with Crippen molar-refractivity contribution in [3.05, 3.63) is 59.8 Å². The highest BCUT2D eigenvalue weighted by Gasteiger charge is 2.40. The smallest absolute Gasteiger partial charge is 0.369 e. The van der Waals surface area contributed by atoms with E-state index < -0.39 is 29.5 Å². The summed E-state index contributed by atoms with van der Waals surface area (Å²) in [7, 11) is 0. The van der Waals surface area contributed by atoms with Crippen LogP contribution in [0.15, 0.2) is 48.7 Å². The van der Waals surface area contributed by atoms with Crippen molar-refractivity contribution >= 4 is 46.3 Å². The first-order valence-electron chi connectivity index (χ1n) is 14.0. The van der Waals surface area contributed by atoms with Crippen molar-refractivity contribution < 1.29 is 22.8 Å². The molecule has 3 N–H and O–H groups in total. The van der Waals surface area contributed by atoms with Crippen LogP contribution in [0, 0.1) is 0 Å². The van der Waals surface area contributed by atoms with Crippen LogP contribution in [-0.2, 0) is 11.0 Å². The number of carbonyl (C=O) groups excluding carboxylic acids is 2. The number of fused-ring (bicyclic) bond motifs is 2. The number of benzene rings is 2. The van der Waals surface area contributed by atoms with Gasteiger partial charge < -0.3 is 30.7 Å². The molecule has 0 saturated carbocycles. The number of rotatable bonds is 6. The van der Waals surface area contributed by atoms with Gasteiger partial charge in [0.15, 0.2) is 0 Å². The molecule has 3 aromatic rings. The Kier molecular flexibility index (Phi) is 7.35. The summed E-state index contributed by atoms with van der Waals surface area (Å²) < 4.78 is 42.0. The molecule has 0 unspecified atom stereocenters. The number of hydrogen-bond donors (Lipinski definition) is 3. The van der Waals surface area contributed by atoms with Crippen molar-refractivity contribution in [3.63, 3.8) is 0 Å². The van der Waals surface area contributed by atoms with Crippen molar-refractivity contribution in [2.24, 2.45) is 0 Å². The van der Waals surface area contributed by atoms with Gasteiger partial charge in [-0.3, -0.25) is 9.59 Å². The predicted molar refractivity (Wildman–Crippen MR) is 153 cm³/mol. The Morgan fingerprint density at radius 3 is 2.48 bits per heavy atom. The minimum atomic E-state index is -4.76. The summed E-state index contributed by atoms with van der Waals surface area (Å²) in [5.74, 6) is -1.29. The number of hydrogen-bond acceptors (Lipinski definition) is 8. The zero-order valence-corrected chi connectivity index (χ0v) is 23.0. The fraction of sp³-hybridized carbons (Fsp3) is 0.379. The second-order valence-corrected chi connectivity index (χ2v) is 10.5. The van der Waals surface area contributed by atoms with Crippen LogP contribution < -0.4 is 20.9 Å². The van der Waals surface area contributed by atoms with Crippen LogP contribution in [0.2, 0.25) is 0 Å². The van der Waals surface area contributed by atoms with Gasteiger partial charge in [0.25, 0.3) is 5.91 Å². The first-order valence-corrected chi connectivity index (χ1v) is 14.0. The summed E-state index contributed by atoms with van der Waals surface area (Å²) in [5, 5.41) is 8.47. The van der Waals surface area contributed by atoms with E-state index >= 15 is 0 Å². The Balaban J connectivity index is 1.26. The molecule has 220 valence electrons. The summed E-state index contributed by atoms with van der Waals surface area (Å²) >= 11 is 0. The van der Waals surface area contributed by atoms with Crippen LogP contribution in [0.4, 0.5) is 47.7 Å². The van der Waals surface area contributed by atoms with E-state index in [2.05, 4.69) is 42.6 Å². The molecular weight excluding hydrogens is 549 g/mol. The number of piperazine rings is 1. The van der Waals surface area contributed by atoms with E-state index in [1.165, 1.54) is 11.0 Å². The number of alkyl halides is 3. The highest BCUT2D eigenvalue weighted by molar-refractivity contribution is 6.13. The second kappa shape index (κ2) is 11.1. The molecular formula is C29H31F3N8O2. The molecule has 1 aromatic heterocycles. The van der Waals surface area contributed by atoms with Gasteiger partial charge in [-0.2, -0.15) is 18.2 Å². The third-order valence-electron chi connectivity index (χ3n) is 8.01. The van der Waals surface area contributed by atoms with E-state index in [0.29, 0.717) is 31.3 Å². The highest BCUT2D eigenvalue weighted by atomic mass is 19.4.